The van der Waals surface area contributed by atoms with Crippen molar-refractivity contribution in [2.24, 2.45) is 0 Å². The van der Waals surface area contributed by atoms with Gasteiger partial charge < -0.3 is 20.7 Å². The lowest BCUT2D eigenvalue weighted by Crippen LogP contribution is -2.39. The van der Waals surface area contributed by atoms with Gasteiger partial charge in [0.15, 0.2) is 0 Å². The molecule has 6 heteroatoms. The van der Waals surface area contributed by atoms with Gasteiger partial charge in [0.05, 0.1) is 6.61 Å². The van der Waals surface area contributed by atoms with E-state index in [1.807, 2.05) is 25.1 Å². The van der Waals surface area contributed by atoms with Crippen molar-refractivity contribution in [2.45, 2.75) is 19.4 Å². The summed E-state index contributed by atoms with van der Waals surface area (Å²) in [5, 5.41) is 8.76. The molecule has 0 spiro atoms. The van der Waals surface area contributed by atoms with Crippen LogP contribution in [0.3, 0.4) is 0 Å². The van der Waals surface area contributed by atoms with E-state index in [0.717, 1.165) is 6.54 Å². The molecule has 0 heterocycles. The fraction of sp³-hybridized carbons (Fsp3) is 0.500. The van der Waals surface area contributed by atoms with E-state index in [2.05, 4.69) is 16.0 Å². The fourth-order valence-electron chi connectivity index (χ4n) is 1.89. The van der Waals surface area contributed by atoms with Gasteiger partial charge in [-0.3, -0.25) is 9.59 Å². The fourth-order valence-corrected chi connectivity index (χ4v) is 1.89. The van der Waals surface area contributed by atoms with Crippen LogP contribution in [-0.2, 0) is 9.53 Å². The first-order valence-electron chi connectivity index (χ1n) is 7.45. The molecule has 1 rings (SSSR count). The Balaban J connectivity index is 2.17. The summed E-state index contributed by atoms with van der Waals surface area (Å²) < 4.78 is 4.91. The van der Waals surface area contributed by atoms with Crippen molar-refractivity contribution in [1.29, 1.82) is 0 Å². The van der Waals surface area contributed by atoms with Gasteiger partial charge in [-0.15, -0.1) is 0 Å². The second-order valence-corrected chi connectivity index (χ2v) is 5.04. The second kappa shape index (κ2) is 10.8. The molecule has 0 aliphatic rings. The van der Waals surface area contributed by atoms with Crippen molar-refractivity contribution in [3.8, 4) is 0 Å². The number of hydrogen-bond donors (Lipinski definition) is 3. The zero-order valence-electron chi connectivity index (χ0n) is 13.2. The number of amides is 2. The third-order valence-electron chi connectivity index (χ3n) is 3.01. The Morgan fingerprint density at radius 3 is 2.55 bits per heavy atom. The van der Waals surface area contributed by atoms with E-state index in [0.29, 0.717) is 25.3 Å². The average molecular weight is 307 g/mol. The summed E-state index contributed by atoms with van der Waals surface area (Å²) in [7, 11) is 1.65. The van der Waals surface area contributed by atoms with Crippen LogP contribution in [-0.4, -0.2) is 51.2 Å². The Morgan fingerprint density at radius 2 is 1.86 bits per heavy atom. The van der Waals surface area contributed by atoms with E-state index >= 15 is 0 Å². The number of rotatable bonds is 10. The first-order chi connectivity index (χ1) is 10.6. The molecule has 0 saturated heterocycles. The summed E-state index contributed by atoms with van der Waals surface area (Å²) in [5.74, 6) is -0.239. The number of carbonyl (C=O) groups is 2. The predicted molar refractivity (Wildman–Crippen MR) is 85.7 cm³/mol. The van der Waals surface area contributed by atoms with E-state index in [4.69, 9.17) is 4.74 Å². The number of carbonyl (C=O) groups excluding carboxylic acids is 2. The molecule has 1 atom stereocenters. The molecule has 1 aromatic rings. The Kier molecular flexibility index (Phi) is 8.86. The number of ether oxygens (including phenoxy) is 1. The Bertz CT molecular complexity index is 451. The third-order valence-corrected chi connectivity index (χ3v) is 3.01. The zero-order valence-corrected chi connectivity index (χ0v) is 13.2. The average Bonchev–Trinajstić information content (AvgIpc) is 2.51. The molecule has 1 unspecified atom stereocenters. The third kappa shape index (κ3) is 7.75. The van der Waals surface area contributed by atoms with Crippen LogP contribution in [0.1, 0.15) is 23.7 Å². The van der Waals surface area contributed by atoms with Crippen molar-refractivity contribution in [1.82, 2.24) is 16.0 Å². The molecule has 1 aromatic carbocycles. The van der Waals surface area contributed by atoms with Gasteiger partial charge >= 0.3 is 0 Å². The normalized spacial score (nSPS) is 11.7. The maximum Gasteiger partial charge on any atom is 0.251 e. The molecule has 6 nitrogen and oxygen atoms in total. The van der Waals surface area contributed by atoms with Gasteiger partial charge in [-0.05, 0) is 19.1 Å². The van der Waals surface area contributed by atoms with E-state index in [-0.39, 0.29) is 24.3 Å². The van der Waals surface area contributed by atoms with Crippen LogP contribution < -0.4 is 16.0 Å². The molecule has 0 fully saturated rings. The summed E-state index contributed by atoms with van der Waals surface area (Å²) in [6, 6.07) is 8.75. The van der Waals surface area contributed by atoms with E-state index in [9.17, 15) is 9.59 Å². The SMILES string of the molecule is COCCNCCNC(=O)CC(C)NC(=O)c1ccccc1. The molecule has 0 bridgehead atoms. The first-order valence-corrected chi connectivity index (χ1v) is 7.45. The molecule has 22 heavy (non-hydrogen) atoms. The van der Waals surface area contributed by atoms with Crippen LogP contribution in [0.25, 0.3) is 0 Å². The van der Waals surface area contributed by atoms with E-state index < -0.39 is 0 Å². The Morgan fingerprint density at radius 1 is 1.14 bits per heavy atom. The molecule has 3 N–H and O–H groups in total. The van der Waals surface area contributed by atoms with Gasteiger partial charge in [0.25, 0.3) is 5.91 Å². The van der Waals surface area contributed by atoms with Gasteiger partial charge in [-0.1, -0.05) is 18.2 Å². The molecule has 2 amide bonds. The number of nitrogens with one attached hydrogen (secondary N) is 3. The number of benzene rings is 1. The van der Waals surface area contributed by atoms with Gasteiger partial charge in [-0.25, -0.2) is 0 Å². The zero-order chi connectivity index (χ0) is 16.2. The van der Waals surface area contributed by atoms with E-state index in [1.54, 1.807) is 19.2 Å². The van der Waals surface area contributed by atoms with Crippen LogP contribution in [0.2, 0.25) is 0 Å². The van der Waals surface area contributed by atoms with Crippen molar-refractivity contribution >= 4 is 11.8 Å². The maximum absolute atomic E-state index is 11.9. The highest BCUT2D eigenvalue weighted by Gasteiger charge is 2.12. The lowest BCUT2D eigenvalue weighted by Gasteiger charge is -2.14. The lowest BCUT2D eigenvalue weighted by atomic mass is 10.1. The number of hydrogen-bond acceptors (Lipinski definition) is 4. The molecule has 0 radical (unpaired) electrons. The standard InChI is InChI=1S/C16H25N3O3/c1-13(19-16(21)14-6-4-3-5-7-14)12-15(20)18-9-8-17-10-11-22-2/h3-7,13,17H,8-12H2,1-2H3,(H,18,20)(H,19,21). The van der Waals surface area contributed by atoms with Gasteiger partial charge in [0.1, 0.15) is 0 Å². The molecule has 0 aliphatic heterocycles. The van der Waals surface area contributed by atoms with Gasteiger partial charge in [0, 0.05) is 44.8 Å². The maximum atomic E-state index is 11.9. The molecular weight excluding hydrogens is 282 g/mol. The van der Waals surface area contributed by atoms with Crippen LogP contribution in [0.5, 0.6) is 0 Å². The van der Waals surface area contributed by atoms with Crippen LogP contribution in [0.4, 0.5) is 0 Å². The van der Waals surface area contributed by atoms with Crippen LogP contribution in [0.15, 0.2) is 30.3 Å². The molecule has 0 aliphatic carbocycles. The molecular formula is C16H25N3O3. The highest BCUT2D eigenvalue weighted by molar-refractivity contribution is 5.94. The van der Waals surface area contributed by atoms with Crippen molar-refractivity contribution < 1.29 is 14.3 Å². The Hall–Kier alpha value is -1.92. The molecule has 0 saturated carbocycles. The van der Waals surface area contributed by atoms with Gasteiger partial charge in [0.2, 0.25) is 5.91 Å². The van der Waals surface area contributed by atoms with Crippen LogP contribution >= 0.6 is 0 Å². The van der Waals surface area contributed by atoms with E-state index in [1.165, 1.54) is 0 Å². The summed E-state index contributed by atoms with van der Waals surface area (Å²) in [5.41, 5.74) is 0.595. The van der Waals surface area contributed by atoms with Crippen molar-refractivity contribution in [3.63, 3.8) is 0 Å². The minimum Gasteiger partial charge on any atom is -0.383 e. The highest BCUT2D eigenvalue weighted by Crippen LogP contribution is 2.00. The second-order valence-electron chi connectivity index (χ2n) is 5.04. The quantitative estimate of drug-likeness (QED) is 0.552. The van der Waals surface area contributed by atoms with Crippen LogP contribution in [0, 0.1) is 0 Å². The predicted octanol–water partition coefficient (Wildman–Crippen LogP) is 0.547. The summed E-state index contributed by atoms with van der Waals surface area (Å²) in [6.45, 7) is 4.48. The summed E-state index contributed by atoms with van der Waals surface area (Å²) >= 11 is 0. The topological polar surface area (TPSA) is 79.5 Å². The number of methoxy groups -OCH3 is 1. The van der Waals surface area contributed by atoms with Gasteiger partial charge in [-0.2, -0.15) is 0 Å². The monoisotopic (exact) mass is 307 g/mol. The Labute approximate surface area is 131 Å². The van der Waals surface area contributed by atoms with Crippen molar-refractivity contribution in [3.05, 3.63) is 35.9 Å². The molecule has 122 valence electrons. The lowest BCUT2D eigenvalue weighted by molar-refractivity contribution is -0.121. The van der Waals surface area contributed by atoms with Crippen molar-refractivity contribution in [2.75, 3.05) is 33.4 Å². The molecule has 0 aromatic heterocycles. The highest BCUT2D eigenvalue weighted by atomic mass is 16.5. The first kappa shape index (κ1) is 18.1. The minimum atomic E-state index is -0.214. The summed E-state index contributed by atoms with van der Waals surface area (Å²) in [4.78, 5) is 23.7. The smallest absolute Gasteiger partial charge is 0.251 e. The summed E-state index contributed by atoms with van der Waals surface area (Å²) in [6.07, 6.45) is 0.261. The largest absolute Gasteiger partial charge is 0.383 e. The minimum absolute atomic E-state index is 0.0746.